The summed E-state index contributed by atoms with van der Waals surface area (Å²) >= 11 is 5.90. The Labute approximate surface area is 226 Å². The average molecular weight is 560 g/mol. The molecule has 37 heavy (non-hydrogen) atoms. The summed E-state index contributed by atoms with van der Waals surface area (Å²) in [5.74, 6) is -0.248. The van der Waals surface area contributed by atoms with E-state index >= 15 is 0 Å². The fourth-order valence-corrected chi connectivity index (χ4v) is 5.24. The number of carbonyl (C=O) groups is 2. The molecule has 0 radical (unpaired) electrons. The van der Waals surface area contributed by atoms with Gasteiger partial charge in [-0.2, -0.15) is 17.4 Å². The Hall–Kier alpha value is -1.88. The van der Waals surface area contributed by atoms with Crippen LogP contribution in [0.1, 0.15) is 85.6 Å². The summed E-state index contributed by atoms with van der Waals surface area (Å²) in [5, 5.41) is 3.87. The van der Waals surface area contributed by atoms with E-state index in [1.807, 2.05) is 20.8 Å². The van der Waals surface area contributed by atoms with E-state index in [0.29, 0.717) is 42.7 Å². The molecule has 0 spiro atoms. The van der Waals surface area contributed by atoms with Crippen LogP contribution in [0.5, 0.6) is 0 Å². The summed E-state index contributed by atoms with van der Waals surface area (Å²) in [4.78, 5) is 25.7. The molecular formula is C26H42ClN3O6S. The van der Waals surface area contributed by atoms with Gasteiger partial charge in [-0.25, -0.2) is 4.79 Å². The van der Waals surface area contributed by atoms with Crippen LogP contribution in [0.15, 0.2) is 24.3 Å². The van der Waals surface area contributed by atoms with Gasteiger partial charge in [-0.1, -0.05) is 36.6 Å². The predicted molar refractivity (Wildman–Crippen MR) is 144 cm³/mol. The highest BCUT2D eigenvalue weighted by molar-refractivity contribution is 7.87. The van der Waals surface area contributed by atoms with Gasteiger partial charge in [-0.05, 0) is 91.5 Å². The first-order valence-corrected chi connectivity index (χ1v) is 14.6. The predicted octanol–water partition coefficient (Wildman–Crippen LogP) is 4.94. The molecule has 0 aromatic heterocycles. The van der Waals surface area contributed by atoms with Gasteiger partial charge in [0.05, 0.1) is 0 Å². The van der Waals surface area contributed by atoms with Crippen molar-refractivity contribution >= 4 is 33.9 Å². The van der Waals surface area contributed by atoms with Crippen molar-refractivity contribution in [1.82, 2.24) is 14.3 Å². The lowest BCUT2D eigenvalue weighted by molar-refractivity contribution is -0.163. The molecule has 1 amide bonds. The standard InChI is InChI=1S/C26H42ClN3O6S/c1-24(2,3)35-22(31)26(16-10-17-28-26)15-8-7-9-18-30(23(32)36-25(4,5)6)37(33,34)29-19-20-11-13-21(27)14-12-20/h11-14,28-29H,7-10,15-19H2,1-6H3/t26-/m0/s1. The molecule has 0 saturated carbocycles. The van der Waals surface area contributed by atoms with Crippen LogP contribution in [-0.2, 0) is 31.0 Å². The Balaban J connectivity index is 2.00. The van der Waals surface area contributed by atoms with E-state index in [2.05, 4.69) is 10.0 Å². The SMILES string of the molecule is CC(C)(C)OC(=O)N(CCCCC[C@@]1(C(=O)OC(C)(C)C)CCCN1)S(=O)(=O)NCc1ccc(Cl)cc1. The molecule has 1 atom stereocenters. The Morgan fingerprint density at radius 3 is 2.19 bits per heavy atom. The smallest absolute Gasteiger partial charge is 0.425 e. The number of carbonyl (C=O) groups excluding carboxylic acids is 2. The van der Waals surface area contributed by atoms with E-state index in [0.717, 1.165) is 17.3 Å². The zero-order chi connectivity index (χ0) is 27.9. The minimum atomic E-state index is -4.16. The molecule has 0 bridgehead atoms. The molecule has 11 heteroatoms. The topological polar surface area (TPSA) is 114 Å². The van der Waals surface area contributed by atoms with Crippen molar-refractivity contribution < 1.29 is 27.5 Å². The molecular weight excluding hydrogens is 518 g/mol. The Bertz CT molecular complexity index is 1010. The van der Waals surface area contributed by atoms with Gasteiger partial charge < -0.3 is 14.8 Å². The number of benzene rings is 1. The van der Waals surface area contributed by atoms with E-state index in [1.54, 1.807) is 45.0 Å². The second kappa shape index (κ2) is 12.8. The monoisotopic (exact) mass is 559 g/mol. The number of esters is 1. The van der Waals surface area contributed by atoms with Crippen LogP contribution in [0.3, 0.4) is 0 Å². The van der Waals surface area contributed by atoms with Gasteiger partial charge in [-0.15, -0.1) is 0 Å². The third-order valence-electron chi connectivity index (χ3n) is 5.76. The number of unbranched alkanes of at least 4 members (excludes halogenated alkanes) is 2. The highest BCUT2D eigenvalue weighted by atomic mass is 35.5. The highest BCUT2D eigenvalue weighted by Gasteiger charge is 2.43. The van der Waals surface area contributed by atoms with Gasteiger partial charge in [0.2, 0.25) is 0 Å². The number of hydrogen-bond acceptors (Lipinski definition) is 7. The normalized spacial score (nSPS) is 18.5. The molecule has 1 aliphatic heterocycles. The minimum absolute atomic E-state index is 0.00286. The van der Waals surface area contributed by atoms with Crippen LogP contribution >= 0.6 is 11.6 Å². The number of nitrogens with zero attached hydrogens (tertiary/aromatic N) is 1. The van der Waals surface area contributed by atoms with Gasteiger partial charge in [0.1, 0.15) is 16.7 Å². The summed E-state index contributed by atoms with van der Waals surface area (Å²) in [6, 6.07) is 6.75. The quantitative estimate of drug-likeness (QED) is 0.291. The van der Waals surface area contributed by atoms with Crippen molar-refractivity contribution in [2.75, 3.05) is 13.1 Å². The maximum absolute atomic E-state index is 13.1. The summed E-state index contributed by atoms with van der Waals surface area (Å²) in [5.41, 5.74) is -1.44. The molecule has 1 aromatic carbocycles. The van der Waals surface area contributed by atoms with E-state index in [9.17, 15) is 18.0 Å². The minimum Gasteiger partial charge on any atom is -0.459 e. The molecule has 1 heterocycles. The van der Waals surface area contributed by atoms with Crippen molar-refractivity contribution in [3.63, 3.8) is 0 Å². The number of nitrogens with one attached hydrogen (secondary N) is 2. The van der Waals surface area contributed by atoms with Crippen molar-refractivity contribution in [1.29, 1.82) is 0 Å². The van der Waals surface area contributed by atoms with Crippen molar-refractivity contribution in [3.05, 3.63) is 34.9 Å². The fourth-order valence-electron chi connectivity index (χ4n) is 4.01. The third-order valence-corrected chi connectivity index (χ3v) is 7.43. The van der Waals surface area contributed by atoms with Crippen LogP contribution in [0.25, 0.3) is 0 Å². The zero-order valence-corrected chi connectivity index (χ0v) is 24.4. The molecule has 9 nitrogen and oxygen atoms in total. The molecule has 0 unspecified atom stereocenters. The number of hydrogen-bond donors (Lipinski definition) is 2. The molecule has 0 aliphatic carbocycles. The summed E-state index contributed by atoms with van der Waals surface area (Å²) in [7, 11) is -4.16. The fraction of sp³-hybridized carbons (Fsp3) is 0.692. The van der Waals surface area contributed by atoms with Crippen LogP contribution in [0.2, 0.25) is 5.02 Å². The van der Waals surface area contributed by atoms with Crippen LogP contribution in [0, 0.1) is 0 Å². The first kappa shape index (κ1) is 31.3. The molecule has 1 saturated heterocycles. The van der Waals surface area contributed by atoms with E-state index in [1.165, 1.54) is 0 Å². The lowest BCUT2D eigenvalue weighted by Gasteiger charge is -2.31. The average Bonchev–Trinajstić information content (AvgIpc) is 3.23. The molecule has 1 fully saturated rings. The number of halogens is 1. The first-order valence-electron chi connectivity index (χ1n) is 12.8. The molecule has 1 aliphatic rings. The largest absolute Gasteiger partial charge is 0.459 e. The summed E-state index contributed by atoms with van der Waals surface area (Å²) < 4.78 is 40.3. The Kier molecular flexibility index (Phi) is 10.8. The maximum Gasteiger partial charge on any atom is 0.425 e. The van der Waals surface area contributed by atoms with Gasteiger partial charge in [0.25, 0.3) is 0 Å². The summed E-state index contributed by atoms with van der Waals surface area (Å²) in [6.07, 6.45) is 2.96. The number of rotatable bonds is 11. The van der Waals surface area contributed by atoms with Crippen LogP contribution in [-0.4, -0.2) is 54.6 Å². The van der Waals surface area contributed by atoms with Crippen molar-refractivity contribution in [2.24, 2.45) is 0 Å². The van der Waals surface area contributed by atoms with Gasteiger partial charge >= 0.3 is 22.3 Å². The van der Waals surface area contributed by atoms with Gasteiger partial charge in [0.15, 0.2) is 0 Å². The second-order valence-corrected chi connectivity index (χ2v) is 13.5. The van der Waals surface area contributed by atoms with E-state index < -0.39 is 33.0 Å². The number of amides is 1. The van der Waals surface area contributed by atoms with Gasteiger partial charge in [0, 0.05) is 18.1 Å². The van der Waals surface area contributed by atoms with Crippen LogP contribution < -0.4 is 10.0 Å². The maximum atomic E-state index is 13.1. The van der Waals surface area contributed by atoms with Crippen LogP contribution in [0.4, 0.5) is 4.79 Å². The molecule has 1 aromatic rings. The second-order valence-electron chi connectivity index (χ2n) is 11.4. The van der Waals surface area contributed by atoms with E-state index in [-0.39, 0.29) is 19.1 Å². The Morgan fingerprint density at radius 1 is 1.03 bits per heavy atom. The van der Waals surface area contributed by atoms with Gasteiger partial charge in [-0.3, -0.25) is 4.79 Å². The Morgan fingerprint density at radius 2 is 1.65 bits per heavy atom. The molecule has 2 N–H and O–H groups in total. The highest BCUT2D eigenvalue weighted by Crippen LogP contribution is 2.29. The number of ether oxygens (including phenoxy) is 2. The molecule has 2 rings (SSSR count). The van der Waals surface area contributed by atoms with E-state index in [4.69, 9.17) is 21.1 Å². The zero-order valence-electron chi connectivity index (χ0n) is 22.9. The lowest BCUT2D eigenvalue weighted by atomic mass is 9.90. The third kappa shape index (κ3) is 10.4. The van der Waals surface area contributed by atoms with Crippen molar-refractivity contribution in [3.8, 4) is 0 Å². The summed E-state index contributed by atoms with van der Waals surface area (Å²) in [6.45, 7) is 11.3. The lowest BCUT2D eigenvalue weighted by Crippen LogP contribution is -2.50. The van der Waals surface area contributed by atoms with Crippen molar-refractivity contribution in [2.45, 2.75) is 103 Å². The first-order chi connectivity index (χ1) is 17.0. The molecule has 210 valence electrons.